The summed E-state index contributed by atoms with van der Waals surface area (Å²) in [6, 6.07) is 0. The predicted molar refractivity (Wildman–Crippen MR) is 52.4 cm³/mol. The van der Waals surface area contributed by atoms with E-state index in [0.717, 1.165) is 44.8 Å². The fourth-order valence-corrected chi connectivity index (χ4v) is 2.56. The van der Waals surface area contributed by atoms with Gasteiger partial charge in [-0.2, -0.15) is 0 Å². The molecule has 0 spiro atoms. The zero-order chi connectivity index (χ0) is 8.81. The lowest BCUT2D eigenvalue weighted by Crippen LogP contribution is -2.31. The third-order valence-electron chi connectivity index (χ3n) is 1.97. The normalized spacial score (nSPS) is 23.4. The Labute approximate surface area is 77.1 Å². The summed E-state index contributed by atoms with van der Waals surface area (Å²) < 4.78 is 13.6. The molecule has 0 radical (unpaired) electrons. The van der Waals surface area contributed by atoms with Gasteiger partial charge in [0.05, 0.1) is 11.0 Å². The first-order valence-corrected chi connectivity index (χ1v) is 5.96. The lowest BCUT2D eigenvalue weighted by atomic mass is 10.4. The maximum absolute atomic E-state index is 11.6. The molecule has 1 atom stereocenters. The topological polar surface area (TPSA) is 32.3 Å². The van der Waals surface area contributed by atoms with E-state index in [9.17, 15) is 4.21 Å². The van der Waals surface area contributed by atoms with Crippen LogP contribution >= 0.6 is 0 Å². The van der Waals surface area contributed by atoms with Crippen molar-refractivity contribution in [2.45, 2.75) is 19.8 Å². The molecule has 0 saturated carbocycles. The van der Waals surface area contributed by atoms with Crippen LogP contribution in [0.2, 0.25) is 0 Å². The first-order valence-electron chi connectivity index (χ1n) is 4.68. The Morgan fingerprint density at radius 1 is 1.42 bits per heavy atom. The van der Waals surface area contributed by atoms with E-state index in [0.29, 0.717) is 0 Å². The molecule has 1 saturated heterocycles. The Hall–Kier alpha value is 0.0700. The molecule has 0 aromatic carbocycles. The number of hydrogen-bond acceptors (Lipinski definition) is 2. The summed E-state index contributed by atoms with van der Waals surface area (Å²) >= 11 is 0. The monoisotopic (exact) mass is 190 g/mol. The Kier molecular flexibility index (Phi) is 4.80. The molecule has 4 heteroatoms. The first kappa shape index (κ1) is 10.2. The molecule has 0 aliphatic carbocycles. The van der Waals surface area contributed by atoms with Crippen LogP contribution in [0.15, 0.2) is 0 Å². The maximum Gasteiger partial charge on any atom is 0.0942 e. The molecule has 1 heterocycles. The molecular weight excluding hydrogens is 172 g/mol. The van der Waals surface area contributed by atoms with E-state index in [1.165, 1.54) is 0 Å². The highest BCUT2D eigenvalue weighted by Gasteiger charge is 2.13. The summed E-state index contributed by atoms with van der Waals surface area (Å²) in [5.41, 5.74) is 0. The van der Waals surface area contributed by atoms with Gasteiger partial charge in [-0.3, -0.25) is 0 Å². The Bertz CT molecular complexity index is 144. The minimum absolute atomic E-state index is 0.724. The van der Waals surface area contributed by atoms with Crippen molar-refractivity contribution >= 4 is 11.0 Å². The van der Waals surface area contributed by atoms with Crippen LogP contribution in [0, 0.1) is 0 Å². The zero-order valence-corrected chi connectivity index (χ0v) is 8.53. The highest BCUT2D eigenvalue weighted by molar-refractivity contribution is 7.82. The molecule has 0 aromatic heterocycles. The van der Waals surface area contributed by atoms with Crippen LogP contribution in [0.5, 0.6) is 0 Å². The van der Waals surface area contributed by atoms with Gasteiger partial charge < -0.3 is 5.32 Å². The van der Waals surface area contributed by atoms with Crippen LogP contribution in [-0.4, -0.2) is 40.4 Å². The average Bonchev–Trinajstić information content (AvgIpc) is 2.32. The molecule has 0 amide bonds. The molecule has 0 aromatic rings. The number of nitrogens with one attached hydrogen (secondary N) is 1. The van der Waals surface area contributed by atoms with Crippen LogP contribution in [-0.2, 0) is 11.0 Å². The highest BCUT2D eigenvalue weighted by atomic mass is 32.2. The summed E-state index contributed by atoms with van der Waals surface area (Å²) in [4.78, 5) is 0. The van der Waals surface area contributed by atoms with Crippen molar-refractivity contribution in [2.75, 3.05) is 31.9 Å². The van der Waals surface area contributed by atoms with Gasteiger partial charge in [-0.25, -0.2) is 8.51 Å². The van der Waals surface area contributed by atoms with E-state index in [4.69, 9.17) is 0 Å². The molecule has 3 nitrogen and oxygen atoms in total. The molecular formula is C8H18N2OS. The van der Waals surface area contributed by atoms with Gasteiger partial charge in [0.2, 0.25) is 0 Å². The number of rotatable bonds is 3. The molecule has 0 bridgehead atoms. The van der Waals surface area contributed by atoms with E-state index in [-0.39, 0.29) is 0 Å². The maximum atomic E-state index is 11.6. The molecule has 1 aliphatic rings. The van der Waals surface area contributed by atoms with Crippen molar-refractivity contribution in [3.8, 4) is 0 Å². The Morgan fingerprint density at radius 2 is 2.25 bits per heavy atom. The minimum Gasteiger partial charge on any atom is -0.315 e. The van der Waals surface area contributed by atoms with Crippen molar-refractivity contribution in [2.24, 2.45) is 0 Å². The molecule has 1 fully saturated rings. The molecule has 1 rings (SSSR count). The third kappa shape index (κ3) is 3.21. The molecule has 72 valence electrons. The summed E-state index contributed by atoms with van der Waals surface area (Å²) in [5.74, 6) is 0.819. The van der Waals surface area contributed by atoms with Gasteiger partial charge in [0, 0.05) is 25.4 Å². The fourth-order valence-electron chi connectivity index (χ4n) is 1.33. The molecule has 12 heavy (non-hydrogen) atoms. The largest absolute Gasteiger partial charge is 0.315 e. The van der Waals surface area contributed by atoms with Crippen LogP contribution in [0.1, 0.15) is 19.8 Å². The first-order chi connectivity index (χ1) is 5.84. The van der Waals surface area contributed by atoms with E-state index < -0.39 is 11.0 Å². The molecule has 1 N–H and O–H groups in total. The summed E-state index contributed by atoms with van der Waals surface area (Å²) in [5, 5.41) is 3.30. The zero-order valence-electron chi connectivity index (χ0n) is 7.71. The van der Waals surface area contributed by atoms with Crippen LogP contribution in [0.25, 0.3) is 0 Å². The van der Waals surface area contributed by atoms with Crippen molar-refractivity contribution in [1.29, 1.82) is 0 Å². The van der Waals surface area contributed by atoms with Gasteiger partial charge in [-0.05, 0) is 19.4 Å². The summed E-state index contributed by atoms with van der Waals surface area (Å²) in [6.07, 6.45) is 2.13. The van der Waals surface area contributed by atoms with E-state index >= 15 is 0 Å². The number of nitrogens with zero attached hydrogens (tertiary/aromatic N) is 1. The third-order valence-corrected chi connectivity index (χ3v) is 3.66. The predicted octanol–water partition coefficient (Wildman–Crippen LogP) is 0.355. The van der Waals surface area contributed by atoms with Crippen molar-refractivity contribution in [3.05, 3.63) is 0 Å². The second-order valence-electron chi connectivity index (χ2n) is 3.06. The summed E-state index contributed by atoms with van der Waals surface area (Å²) in [7, 11) is -0.724. The fraction of sp³-hybridized carbons (Fsp3) is 1.00. The van der Waals surface area contributed by atoms with Gasteiger partial charge in [-0.15, -0.1) is 0 Å². The van der Waals surface area contributed by atoms with E-state index in [2.05, 4.69) is 16.5 Å². The SMILES string of the molecule is CCCS(=O)N1CCCNCC1. The van der Waals surface area contributed by atoms with Gasteiger partial charge in [-0.1, -0.05) is 6.92 Å². The van der Waals surface area contributed by atoms with Gasteiger partial charge in [0.1, 0.15) is 0 Å². The minimum atomic E-state index is -0.724. The van der Waals surface area contributed by atoms with Gasteiger partial charge in [0.15, 0.2) is 0 Å². The standard InChI is InChI=1S/C8H18N2OS/c1-2-8-12(11)10-6-3-4-9-5-7-10/h9H,2-8H2,1H3. The van der Waals surface area contributed by atoms with Crippen LogP contribution in [0.3, 0.4) is 0 Å². The highest BCUT2D eigenvalue weighted by Crippen LogP contribution is 2.01. The Balaban J connectivity index is 2.32. The summed E-state index contributed by atoms with van der Waals surface area (Å²) in [6.45, 7) is 6.05. The van der Waals surface area contributed by atoms with E-state index in [1.807, 2.05) is 0 Å². The number of hydrogen-bond donors (Lipinski definition) is 1. The molecule has 1 aliphatic heterocycles. The molecule has 1 unspecified atom stereocenters. The average molecular weight is 190 g/mol. The van der Waals surface area contributed by atoms with Crippen LogP contribution < -0.4 is 5.32 Å². The quantitative estimate of drug-likeness (QED) is 0.697. The Morgan fingerprint density at radius 3 is 3.00 bits per heavy atom. The lowest BCUT2D eigenvalue weighted by Gasteiger charge is -2.17. The van der Waals surface area contributed by atoms with Crippen molar-refractivity contribution < 1.29 is 4.21 Å². The van der Waals surface area contributed by atoms with E-state index in [1.54, 1.807) is 0 Å². The second-order valence-corrected chi connectivity index (χ2v) is 4.63. The van der Waals surface area contributed by atoms with Crippen molar-refractivity contribution in [3.63, 3.8) is 0 Å². The second kappa shape index (κ2) is 5.67. The van der Waals surface area contributed by atoms with Gasteiger partial charge in [0.25, 0.3) is 0 Å². The van der Waals surface area contributed by atoms with Crippen LogP contribution in [0.4, 0.5) is 0 Å². The van der Waals surface area contributed by atoms with Gasteiger partial charge >= 0.3 is 0 Å². The van der Waals surface area contributed by atoms with Crippen molar-refractivity contribution in [1.82, 2.24) is 9.62 Å². The lowest BCUT2D eigenvalue weighted by molar-refractivity contribution is 0.471. The smallest absolute Gasteiger partial charge is 0.0942 e.